The SMILES string of the molecule is Cc1cc(=O)c(O)c(C2(CC(=O)NCCCn3ccnc3)CCOCC2)o1. The molecule has 0 aromatic carbocycles. The molecule has 1 aliphatic heterocycles. The van der Waals surface area contributed by atoms with Gasteiger partial charge >= 0.3 is 0 Å². The maximum absolute atomic E-state index is 12.6. The van der Waals surface area contributed by atoms with E-state index in [1.165, 1.54) is 6.07 Å². The van der Waals surface area contributed by atoms with Crippen LogP contribution in [-0.2, 0) is 21.5 Å². The summed E-state index contributed by atoms with van der Waals surface area (Å²) < 4.78 is 13.1. The quantitative estimate of drug-likeness (QED) is 0.710. The lowest BCUT2D eigenvalue weighted by atomic mass is 9.74. The molecule has 1 saturated heterocycles. The number of ether oxygens (including phenoxy) is 1. The van der Waals surface area contributed by atoms with Gasteiger partial charge in [-0.1, -0.05) is 0 Å². The monoisotopic (exact) mass is 375 g/mol. The molecular weight excluding hydrogens is 350 g/mol. The van der Waals surface area contributed by atoms with E-state index in [4.69, 9.17) is 9.15 Å². The second kappa shape index (κ2) is 8.39. The Labute approximate surface area is 157 Å². The molecule has 8 heteroatoms. The van der Waals surface area contributed by atoms with Crippen molar-refractivity contribution >= 4 is 5.91 Å². The van der Waals surface area contributed by atoms with Crippen molar-refractivity contribution in [3.8, 4) is 5.75 Å². The minimum atomic E-state index is -0.734. The lowest BCUT2D eigenvalue weighted by Gasteiger charge is -2.35. The smallest absolute Gasteiger partial charge is 0.227 e. The van der Waals surface area contributed by atoms with Crippen molar-refractivity contribution in [1.82, 2.24) is 14.9 Å². The van der Waals surface area contributed by atoms with Crippen molar-refractivity contribution in [3.05, 3.63) is 46.5 Å². The van der Waals surface area contributed by atoms with Gasteiger partial charge in [-0.25, -0.2) is 4.98 Å². The molecular formula is C19H25N3O5. The number of nitrogens with zero attached hydrogens (tertiary/aromatic N) is 2. The molecule has 0 atom stereocenters. The van der Waals surface area contributed by atoms with Gasteiger partial charge in [-0.15, -0.1) is 0 Å². The number of carbonyl (C=O) groups excluding carboxylic acids is 1. The fourth-order valence-corrected chi connectivity index (χ4v) is 3.49. The highest BCUT2D eigenvalue weighted by molar-refractivity contribution is 5.77. The van der Waals surface area contributed by atoms with Crippen LogP contribution in [0.3, 0.4) is 0 Å². The summed E-state index contributed by atoms with van der Waals surface area (Å²) in [4.78, 5) is 28.5. The Morgan fingerprint density at radius 3 is 2.89 bits per heavy atom. The highest BCUT2D eigenvalue weighted by Gasteiger charge is 2.41. The summed E-state index contributed by atoms with van der Waals surface area (Å²) in [6, 6.07) is 1.25. The van der Waals surface area contributed by atoms with Gasteiger partial charge in [-0.3, -0.25) is 9.59 Å². The van der Waals surface area contributed by atoms with E-state index < -0.39 is 16.6 Å². The molecule has 1 aliphatic rings. The van der Waals surface area contributed by atoms with Gasteiger partial charge in [0.25, 0.3) is 0 Å². The summed E-state index contributed by atoms with van der Waals surface area (Å²) >= 11 is 0. The molecule has 0 unspecified atom stereocenters. The van der Waals surface area contributed by atoms with E-state index in [9.17, 15) is 14.7 Å². The number of rotatable bonds is 7. The van der Waals surface area contributed by atoms with Crippen molar-refractivity contribution in [2.24, 2.45) is 0 Å². The molecule has 0 bridgehead atoms. The molecule has 0 spiro atoms. The second-order valence-electron chi connectivity index (χ2n) is 6.97. The first-order chi connectivity index (χ1) is 13.0. The zero-order valence-corrected chi connectivity index (χ0v) is 15.4. The van der Waals surface area contributed by atoms with Crippen LogP contribution in [0.5, 0.6) is 5.75 Å². The van der Waals surface area contributed by atoms with Crippen molar-refractivity contribution in [3.63, 3.8) is 0 Å². The van der Waals surface area contributed by atoms with E-state index in [0.29, 0.717) is 38.4 Å². The zero-order valence-electron chi connectivity index (χ0n) is 15.4. The van der Waals surface area contributed by atoms with Crippen LogP contribution in [0.1, 0.15) is 37.2 Å². The maximum atomic E-state index is 12.6. The van der Waals surface area contributed by atoms with Gasteiger partial charge in [0.15, 0.2) is 5.76 Å². The summed E-state index contributed by atoms with van der Waals surface area (Å²) in [5, 5.41) is 13.2. The van der Waals surface area contributed by atoms with Crippen LogP contribution in [0.4, 0.5) is 0 Å². The lowest BCUT2D eigenvalue weighted by molar-refractivity contribution is -0.123. The molecule has 2 aromatic heterocycles. The van der Waals surface area contributed by atoms with Gasteiger partial charge in [0.2, 0.25) is 17.1 Å². The fourth-order valence-electron chi connectivity index (χ4n) is 3.49. The molecule has 3 rings (SSSR count). The van der Waals surface area contributed by atoms with Gasteiger partial charge in [-0.2, -0.15) is 0 Å². The number of aromatic nitrogens is 2. The van der Waals surface area contributed by atoms with Gasteiger partial charge in [-0.05, 0) is 26.2 Å². The Morgan fingerprint density at radius 1 is 1.41 bits per heavy atom. The van der Waals surface area contributed by atoms with Gasteiger partial charge < -0.3 is 24.1 Å². The fraction of sp³-hybridized carbons (Fsp3) is 0.526. The van der Waals surface area contributed by atoms with Crippen LogP contribution in [0.25, 0.3) is 0 Å². The van der Waals surface area contributed by atoms with E-state index in [-0.39, 0.29) is 18.1 Å². The van der Waals surface area contributed by atoms with Gasteiger partial charge in [0, 0.05) is 56.6 Å². The first kappa shape index (κ1) is 19.2. The molecule has 0 aliphatic carbocycles. The van der Waals surface area contributed by atoms with E-state index in [2.05, 4.69) is 10.3 Å². The van der Waals surface area contributed by atoms with E-state index >= 15 is 0 Å². The molecule has 1 amide bonds. The van der Waals surface area contributed by atoms with Crippen molar-refractivity contribution in [2.45, 2.75) is 44.6 Å². The minimum absolute atomic E-state index is 0.133. The Kier molecular flexibility index (Phi) is 5.95. The molecule has 8 nitrogen and oxygen atoms in total. The van der Waals surface area contributed by atoms with Crippen LogP contribution in [0.15, 0.2) is 34.0 Å². The van der Waals surface area contributed by atoms with Gasteiger partial charge in [0.05, 0.1) is 6.33 Å². The van der Waals surface area contributed by atoms with Crippen LogP contribution in [0.2, 0.25) is 0 Å². The summed E-state index contributed by atoms with van der Waals surface area (Å²) in [6.07, 6.45) is 7.27. The third kappa shape index (κ3) is 4.57. The summed E-state index contributed by atoms with van der Waals surface area (Å²) in [5.41, 5.74) is -1.22. The van der Waals surface area contributed by atoms with E-state index in [1.54, 1.807) is 19.4 Å². The highest BCUT2D eigenvalue weighted by Crippen LogP contribution is 2.41. The number of carbonyl (C=O) groups is 1. The Hall–Kier alpha value is -2.61. The Bertz CT molecular complexity index is 822. The standard InChI is InChI=1S/C19H25N3O5/c1-14-11-15(23)17(25)18(27-14)19(3-9-26-10-4-19)12-16(24)21-5-2-7-22-8-6-20-13-22/h6,8,11,13,25H,2-5,7,9-10,12H2,1H3,(H,21,24). The number of nitrogens with one attached hydrogen (secondary N) is 1. The van der Waals surface area contributed by atoms with Crippen LogP contribution in [0, 0.1) is 6.92 Å². The average Bonchev–Trinajstić information content (AvgIpc) is 3.16. The third-order valence-electron chi connectivity index (χ3n) is 4.95. The summed E-state index contributed by atoms with van der Waals surface area (Å²) in [7, 11) is 0. The van der Waals surface area contributed by atoms with Crippen LogP contribution < -0.4 is 10.7 Å². The summed E-state index contributed by atoms with van der Waals surface area (Å²) in [5.74, 6) is 0.0743. The zero-order chi connectivity index (χ0) is 19.3. The van der Waals surface area contributed by atoms with E-state index in [1.807, 2.05) is 10.8 Å². The molecule has 27 heavy (non-hydrogen) atoms. The number of imidazole rings is 1. The molecule has 3 heterocycles. The Morgan fingerprint density at radius 2 is 2.19 bits per heavy atom. The first-order valence-electron chi connectivity index (χ1n) is 9.14. The number of hydrogen-bond donors (Lipinski definition) is 2. The summed E-state index contributed by atoms with van der Waals surface area (Å²) in [6.45, 7) is 3.86. The molecule has 146 valence electrons. The second-order valence-corrected chi connectivity index (χ2v) is 6.97. The first-order valence-corrected chi connectivity index (χ1v) is 9.14. The molecule has 2 aromatic rings. The maximum Gasteiger partial charge on any atom is 0.227 e. The largest absolute Gasteiger partial charge is 0.502 e. The van der Waals surface area contributed by atoms with Crippen molar-refractivity contribution < 1.29 is 19.1 Å². The van der Waals surface area contributed by atoms with E-state index in [0.717, 1.165) is 13.0 Å². The molecule has 0 saturated carbocycles. The van der Waals surface area contributed by atoms with Crippen LogP contribution >= 0.6 is 0 Å². The molecule has 0 radical (unpaired) electrons. The third-order valence-corrected chi connectivity index (χ3v) is 4.95. The lowest BCUT2D eigenvalue weighted by Crippen LogP contribution is -2.40. The Balaban J connectivity index is 1.68. The molecule has 1 fully saturated rings. The molecule has 2 N–H and O–H groups in total. The predicted octanol–water partition coefficient (Wildman–Crippen LogP) is 1.50. The number of aryl methyl sites for hydroxylation is 2. The van der Waals surface area contributed by atoms with Crippen molar-refractivity contribution in [2.75, 3.05) is 19.8 Å². The normalized spacial score (nSPS) is 16.2. The number of aromatic hydroxyl groups is 1. The van der Waals surface area contributed by atoms with Crippen LogP contribution in [-0.4, -0.2) is 40.3 Å². The number of amides is 1. The number of hydrogen-bond acceptors (Lipinski definition) is 6. The average molecular weight is 375 g/mol. The highest BCUT2D eigenvalue weighted by atomic mass is 16.5. The topological polar surface area (TPSA) is 107 Å². The van der Waals surface area contributed by atoms with Gasteiger partial charge in [0.1, 0.15) is 5.76 Å². The van der Waals surface area contributed by atoms with Crippen molar-refractivity contribution in [1.29, 1.82) is 0 Å². The predicted molar refractivity (Wildman–Crippen MR) is 97.6 cm³/mol. The minimum Gasteiger partial charge on any atom is -0.502 e.